The molecule has 1 amide bonds. The van der Waals surface area contributed by atoms with E-state index in [1.165, 1.54) is 0 Å². The first-order valence-electron chi connectivity index (χ1n) is 8.09. The molecule has 0 atom stereocenters. The highest BCUT2D eigenvalue weighted by atomic mass is 16.5. The third kappa shape index (κ3) is 4.44. The van der Waals surface area contributed by atoms with E-state index in [9.17, 15) is 4.79 Å². The summed E-state index contributed by atoms with van der Waals surface area (Å²) >= 11 is 0. The third-order valence-electron chi connectivity index (χ3n) is 3.71. The van der Waals surface area contributed by atoms with Crippen LogP contribution in [0.15, 0.2) is 30.3 Å². The zero-order chi connectivity index (χ0) is 17.5. The fraction of sp³-hybridized carbons (Fsp3) is 0.389. The molecule has 0 bridgehead atoms. The lowest BCUT2D eigenvalue weighted by Crippen LogP contribution is -2.28. The van der Waals surface area contributed by atoms with Gasteiger partial charge in [-0.2, -0.15) is 0 Å². The number of aryl methyl sites for hydroxylation is 1. The summed E-state index contributed by atoms with van der Waals surface area (Å²) in [4.78, 5) is 23.3. The van der Waals surface area contributed by atoms with Gasteiger partial charge in [-0.05, 0) is 44.5 Å². The topological polar surface area (TPSA) is 67.4 Å². The van der Waals surface area contributed by atoms with Gasteiger partial charge < -0.3 is 15.0 Å². The number of hydrogen-bond donors (Lipinski definition) is 1. The average molecular weight is 328 g/mol. The molecule has 24 heavy (non-hydrogen) atoms. The molecule has 1 N–H and O–H groups in total. The van der Waals surface area contributed by atoms with Gasteiger partial charge >= 0.3 is 0 Å². The minimum Gasteiger partial charge on any atom is -0.497 e. The van der Waals surface area contributed by atoms with Gasteiger partial charge in [-0.3, -0.25) is 4.79 Å². The number of rotatable bonds is 7. The van der Waals surface area contributed by atoms with E-state index < -0.39 is 0 Å². The molecule has 0 aliphatic rings. The maximum atomic E-state index is 12.4. The number of carbonyl (C=O) groups excluding carboxylic acids is 1. The molecule has 1 heterocycles. The molecule has 2 rings (SSSR count). The Morgan fingerprint density at radius 2 is 1.96 bits per heavy atom. The van der Waals surface area contributed by atoms with Crippen LogP contribution in [0, 0.1) is 6.92 Å². The smallest absolute Gasteiger partial charge is 0.270 e. The number of carbonyl (C=O) groups is 1. The van der Waals surface area contributed by atoms with Crippen LogP contribution in [0.5, 0.6) is 5.75 Å². The van der Waals surface area contributed by atoms with Gasteiger partial charge in [0.25, 0.3) is 5.91 Å². The molecule has 0 aliphatic carbocycles. The lowest BCUT2D eigenvalue weighted by atomic mass is 10.2. The van der Waals surface area contributed by atoms with Crippen molar-refractivity contribution in [2.75, 3.05) is 25.1 Å². The average Bonchev–Trinajstić information content (AvgIpc) is 2.60. The summed E-state index contributed by atoms with van der Waals surface area (Å²) in [6.07, 6.45) is 0. The molecule has 0 aliphatic heterocycles. The van der Waals surface area contributed by atoms with E-state index in [0.29, 0.717) is 18.2 Å². The number of methoxy groups -OCH3 is 1. The quantitative estimate of drug-likeness (QED) is 0.846. The van der Waals surface area contributed by atoms with Gasteiger partial charge in [0.1, 0.15) is 11.4 Å². The lowest BCUT2D eigenvalue weighted by Gasteiger charge is -2.19. The SMILES string of the molecule is CCN(CC)c1nc(C)cc(C(=O)NCc2cccc(OC)c2)n1. The molecule has 0 fully saturated rings. The van der Waals surface area contributed by atoms with Crippen LogP contribution < -0.4 is 15.0 Å². The van der Waals surface area contributed by atoms with Crippen molar-refractivity contribution < 1.29 is 9.53 Å². The summed E-state index contributed by atoms with van der Waals surface area (Å²) < 4.78 is 5.19. The predicted molar refractivity (Wildman–Crippen MR) is 94.5 cm³/mol. The number of ether oxygens (including phenoxy) is 1. The summed E-state index contributed by atoms with van der Waals surface area (Å²) in [5.41, 5.74) is 2.13. The molecule has 1 aromatic carbocycles. The number of nitrogens with zero attached hydrogens (tertiary/aromatic N) is 3. The standard InChI is InChI=1S/C18H24N4O2/c1-5-22(6-2)18-20-13(3)10-16(21-18)17(23)19-12-14-8-7-9-15(11-14)24-4/h7-11H,5-6,12H2,1-4H3,(H,19,23). The molecular formula is C18H24N4O2. The number of anilines is 1. The Balaban J connectivity index is 2.11. The summed E-state index contributed by atoms with van der Waals surface area (Å²) in [6, 6.07) is 9.30. The molecule has 128 valence electrons. The lowest BCUT2D eigenvalue weighted by molar-refractivity contribution is 0.0945. The fourth-order valence-electron chi connectivity index (χ4n) is 2.37. The van der Waals surface area contributed by atoms with Crippen LogP contribution >= 0.6 is 0 Å². The Morgan fingerprint density at radius 3 is 2.62 bits per heavy atom. The molecule has 0 saturated heterocycles. The molecule has 0 unspecified atom stereocenters. The molecule has 0 radical (unpaired) electrons. The van der Waals surface area contributed by atoms with E-state index in [4.69, 9.17) is 4.74 Å². The van der Waals surface area contributed by atoms with Crippen molar-refractivity contribution in [3.63, 3.8) is 0 Å². The van der Waals surface area contributed by atoms with Crippen LogP contribution in [0.4, 0.5) is 5.95 Å². The highest BCUT2D eigenvalue weighted by Crippen LogP contribution is 2.13. The van der Waals surface area contributed by atoms with Gasteiger partial charge in [0.15, 0.2) is 0 Å². The maximum absolute atomic E-state index is 12.4. The number of benzene rings is 1. The summed E-state index contributed by atoms with van der Waals surface area (Å²) in [5.74, 6) is 1.15. The highest BCUT2D eigenvalue weighted by molar-refractivity contribution is 5.92. The zero-order valence-electron chi connectivity index (χ0n) is 14.7. The van der Waals surface area contributed by atoms with E-state index in [0.717, 1.165) is 30.1 Å². The van der Waals surface area contributed by atoms with E-state index in [1.54, 1.807) is 13.2 Å². The monoisotopic (exact) mass is 328 g/mol. The minimum atomic E-state index is -0.211. The van der Waals surface area contributed by atoms with Crippen molar-refractivity contribution in [2.45, 2.75) is 27.3 Å². The van der Waals surface area contributed by atoms with Crippen LogP contribution in [0.1, 0.15) is 35.6 Å². The Hall–Kier alpha value is -2.63. The first kappa shape index (κ1) is 17.7. The number of aromatic nitrogens is 2. The van der Waals surface area contributed by atoms with Gasteiger partial charge in [0, 0.05) is 25.3 Å². The van der Waals surface area contributed by atoms with E-state index in [-0.39, 0.29) is 5.91 Å². The van der Waals surface area contributed by atoms with Crippen molar-refractivity contribution in [1.29, 1.82) is 0 Å². The summed E-state index contributed by atoms with van der Waals surface area (Å²) in [6.45, 7) is 7.96. The van der Waals surface area contributed by atoms with Gasteiger partial charge in [0.05, 0.1) is 7.11 Å². The number of amides is 1. The van der Waals surface area contributed by atoms with E-state index in [1.807, 2.05) is 49.9 Å². The second kappa shape index (κ2) is 8.29. The van der Waals surface area contributed by atoms with Crippen LogP contribution in [0.3, 0.4) is 0 Å². The second-order valence-electron chi connectivity index (χ2n) is 5.40. The van der Waals surface area contributed by atoms with Crippen LogP contribution in [0.2, 0.25) is 0 Å². The van der Waals surface area contributed by atoms with E-state index in [2.05, 4.69) is 15.3 Å². The first-order valence-corrected chi connectivity index (χ1v) is 8.09. The number of nitrogens with one attached hydrogen (secondary N) is 1. The van der Waals surface area contributed by atoms with Gasteiger partial charge in [-0.25, -0.2) is 9.97 Å². The molecule has 1 aromatic heterocycles. The minimum absolute atomic E-state index is 0.211. The Kier molecular flexibility index (Phi) is 6.12. The van der Waals surface area contributed by atoms with Gasteiger partial charge in [-0.15, -0.1) is 0 Å². The summed E-state index contributed by atoms with van der Waals surface area (Å²) in [7, 11) is 1.62. The van der Waals surface area contributed by atoms with Crippen molar-refractivity contribution in [3.8, 4) is 5.75 Å². The molecular weight excluding hydrogens is 304 g/mol. The Morgan fingerprint density at radius 1 is 1.21 bits per heavy atom. The normalized spacial score (nSPS) is 10.3. The molecule has 0 spiro atoms. The molecule has 6 heteroatoms. The van der Waals surface area contributed by atoms with Crippen LogP contribution in [-0.2, 0) is 6.54 Å². The van der Waals surface area contributed by atoms with Crippen molar-refractivity contribution >= 4 is 11.9 Å². The summed E-state index contributed by atoms with van der Waals surface area (Å²) in [5, 5.41) is 2.89. The first-order chi connectivity index (χ1) is 11.6. The predicted octanol–water partition coefficient (Wildman–Crippen LogP) is 2.57. The van der Waals surface area contributed by atoms with Crippen LogP contribution in [0.25, 0.3) is 0 Å². The molecule has 0 saturated carbocycles. The van der Waals surface area contributed by atoms with Crippen molar-refractivity contribution in [2.24, 2.45) is 0 Å². The maximum Gasteiger partial charge on any atom is 0.270 e. The van der Waals surface area contributed by atoms with E-state index >= 15 is 0 Å². The number of hydrogen-bond acceptors (Lipinski definition) is 5. The zero-order valence-corrected chi connectivity index (χ0v) is 14.7. The Bertz CT molecular complexity index is 699. The van der Waals surface area contributed by atoms with Crippen LogP contribution in [-0.4, -0.2) is 36.1 Å². The molecule has 2 aromatic rings. The molecule has 6 nitrogen and oxygen atoms in total. The fourth-order valence-corrected chi connectivity index (χ4v) is 2.37. The Labute approximate surface area is 142 Å². The third-order valence-corrected chi connectivity index (χ3v) is 3.71. The van der Waals surface area contributed by atoms with Gasteiger partial charge in [-0.1, -0.05) is 12.1 Å². The second-order valence-corrected chi connectivity index (χ2v) is 5.40. The highest BCUT2D eigenvalue weighted by Gasteiger charge is 2.13. The largest absolute Gasteiger partial charge is 0.497 e. The van der Waals surface area contributed by atoms with Gasteiger partial charge in [0.2, 0.25) is 5.95 Å². The van der Waals surface area contributed by atoms with Crippen molar-refractivity contribution in [3.05, 3.63) is 47.3 Å². The van der Waals surface area contributed by atoms with Crippen molar-refractivity contribution in [1.82, 2.24) is 15.3 Å².